The second-order valence-corrected chi connectivity index (χ2v) is 5.83. The second kappa shape index (κ2) is 5.28. The molecule has 3 rings (SSSR count). The van der Waals surface area contributed by atoms with Crippen LogP contribution < -0.4 is 10.5 Å². The Morgan fingerprint density at radius 1 is 1.05 bits per heavy atom. The van der Waals surface area contributed by atoms with Crippen LogP contribution in [0, 0.1) is 10.5 Å². The van der Waals surface area contributed by atoms with Crippen molar-refractivity contribution in [3.63, 3.8) is 0 Å². The third-order valence-corrected chi connectivity index (χ3v) is 3.79. The molecule has 0 aliphatic carbocycles. The Bertz CT molecular complexity index is 769. The van der Waals surface area contributed by atoms with E-state index in [0.717, 1.165) is 28.0 Å². The Labute approximate surface area is 130 Å². The highest BCUT2D eigenvalue weighted by atomic mass is 127. The zero-order chi connectivity index (χ0) is 14.1. The second-order valence-electron chi connectivity index (χ2n) is 4.58. The molecule has 0 fully saturated rings. The fraction of sp³-hybridized carbons (Fsp3) is 0.0625. The summed E-state index contributed by atoms with van der Waals surface area (Å²) in [7, 11) is 0. The average Bonchev–Trinajstić information content (AvgIpc) is 2.44. The number of rotatable bonds is 2. The maximum atomic E-state index is 5.99. The maximum Gasteiger partial charge on any atom is 0.135 e. The van der Waals surface area contributed by atoms with E-state index in [9.17, 15) is 0 Å². The van der Waals surface area contributed by atoms with E-state index in [1.165, 1.54) is 3.57 Å². The van der Waals surface area contributed by atoms with Crippen molar-refractivity contribution in [3.05, 3.63) is 57.9 Å². The molecule has 1 heterocycles. The van der Waals surface area contributed by atoms with Crippen LogP contribution in [-0.2, 0) is 0 Å². The fourth-order valence-electron chi connectivity index (χ4n) is 2.06. The van der Waals surface area contributed by atoms with Crippen molar-refractivity contribution < 1.29 is 4.74 Å². The van der Waals surface area contributed by atoms with E-state index in [4.69, 9.17) is 10.5 Å². The van der Waals surface area contributed by atoms with Crippen molar-refractivity contribution in [2.75, 3.05) is 5.73 Å². The smallest absolute Gasteiger partial charge is 0.135 e. The number of ether oxygens (including phenoxy) is 1. The number of halogens is 1. The molecule has 0 radical (unpaired) electrons. The van der Waals surface area contributed by atoms with Crippen LogP contribution in [-0.4, -0.2) is 4.98 Å². The lowest BCUT2D eigenvalue weighted by Gasteiger charge is -2.11. The van der Waals surface area contributed by atoms with Crippen molar-refractivity contribution >= 4 is 39.1 Å². The summed E-state index contributed by atoms with van der Waals surface area (Å²) >= 11 is 2.27. The quantitative estimate of drug-likeness (QED) is 0.529. The number of nitrogens with zero attached hydrogens (tertiary/aromatic N) is 1. The summed E-state index contributed by atoms with van der Waals surface area (Å²) in [6.07, 6.45) is 1.79. The number of aromatic nitrogens is 1. The molecule has 3 aromatic rings. The fourth-order valence-corrected chi connectivity index (χ4v) is 2.42. The van der Waals surface area contributed by atoms with Crippen molar-refractivity contribution in [3.8, 4) is 11.5 Å². The lowest BCUT2D eigenvalue weighted by molar-refractivity contribution is 0.488. The number of aryl methyl sites for hydroxylation is 1. The van der Waals surface area contributed by atoms with Crippen molar-refractivity contribution in [2.45, 2.75) is 6.92 Å². The topological polar surface area (TPSA) is 48.1 Å². The van der Waals surface area contributed by atoms with E-state index >= 15 is 0 Å². The number of pyridine rings is 1. The molecule has 2 N–H and O–H groups in total. The van der Waals surface area contributed by atoms with Crippen molar-refractivity contribution in [2.24, 2.45) is 0 Å². The van der Waals surface area contributed by atoms with Gasteiger partial charge in [0, 0.05) is 31.9 Å². The van der Waals surface area contributed by atoms with E-state index in [1.807, 2.05) is 49.4 Å². The normalized spacial score (nSPS) is 10.7. The van der Waals surface area contributed by atoms with Gasteiger partial charge in [-0.05, 0) is 72.0 Å². The van der Waals surface area contributed by atoms with Crippen LogP contribution in [0.15, 0.2) is 48.7 Å². The van der Waals surface area contributed by atoms with E-state index in [2.05, 4.69) is 27.6 Å². The molecule has 0 unspecified atom stereocenters. The molecule has 4 heteroatoms. The average molecular weight is 376 g/mol. The molecule has 0 aliphatic rings. The summed E-state index contributed by atoms with van der Waals surface area (Å²) in [5.74, 6) is 1.60. The molecule has 3 nitrogen and oxygen atoms in total. The van der Waals surface area contributed by atoms with E-state index in [-0.39, 0.29) is 0 Å². The summed E-state index contributed by atoms with van der Waals surface area (Å²) in [6, 6.07) is 13.7. The largest absolute Gasteiger partial charge is 0.457 e. The van der Waals surface area contributed by atoms with Gasteiger partial charge in [0.1, 0.15) is 11.5 Å². The monoisotopic (exact) mass is 376 g/mol. The number of hydrogen-bond donors (Lipinski definition) is 1. The summed E-state index contributed by atoms with van der Waals surface area (Å²) in [4.78, 5) is 4.29. The molecule has 0 saturated heterocycles. The van der Waals surface area contributed by atoms with Crippen LogP contribution >= 0.6 is 22.6 Å². The summed E-state index contributed by atoms with van der Waals surface area (Å²) < 4.78 is 7.15. The van der Waals surface area contributed by atoms with Gasteiger partial charge in [-0.3, -0.25) is 4.98 Å². The molecule has 0 saturated carbocycles. The molecule has 0 spiro atoms. The predicted octanol–water partition coefficient (Wildman–Crippen LogP) is 4.52. The molecule has 0 aliphatic heterocycles. The van der Waals surface area contributed by atoms with Crippen LogP contribution in [0.3, 0.4) is 0 Å². The number of hydrogen-bond acceptors (Lipinski definition) is 3. The maximum absolute atomic E-state index is 5.99. The summed E-state index contributed by atoms with van der Waals surface area (Å²) in [5, 5.41) is 1.90. The highest BCUT2D eigenvalue weighted by Crippen LogP contribution is 2.33. The molecule has 0 amide bonds. The Morgan fingerprint density at radius 3 is 2.55 bits per heavy atom. The minimum absolute atomic E-state index is 0.711. The zero-order valence-corrected chi connectivity index (χ0v) is 13.1. The van der Waals surface area contributed by atoms with Crippen molar-refractivity contribution in [1.82, 2.24) is 4.98 Å². The lowest BCUT2D eigenvalue weighted by Crippen LogP contribution is -1.92. The number of nitrogen functional groups attached to an aromatic ring is 1. The van der Waals surface area contributed by atoms with Crippen LogP contribution in [0.2, 0.25) is 0 Å². The molecule has 100 valence electrons. The summed E-state index contributed by atoms with van der Waals surface area (Å²) in [5.41, 5.74) is 7.64. The van der Waals surface area contributed by atoms with Crippen LogP contribution in [0.1, 0.15) is 5.69 Å². The summed E-state index contributed by atoms with van der Waals surface area (Å²) in [6.45, 7) is 1.96. The third kappa shape index (κ3) is 2.56. The minimum Gasteiger partial charge on any atom is -0.457 e. The van der Waals surface area contributed by atoms with Gasteiger partial charge in [0.15, 0.2) is 0 Å². The van der Waals surface area contributed by atoms with Crippen LogP contribution in [0.5, 0.6) is 11.5 Å². The van der Waals surface area contributed by atoms with Gasteiger partial charge in [0.2, 0.25) is 0 Å². The Morgan fingerprint density at radius 2 is 1.80 bits per heavy atom. The van der Waals surface area contributed by atoms with Gasteiger partial charge in [-0.1, -0.05) is 0 Å². The first-order valence-electron chi connectivity index (χ1n) is 6.22. The van der Waals surface area contributed by atoms with Crippen molar-refractivity contribution in [1.29, 1.82) is 0 Å². The first-order chi connectivity index (χ1) is 9.63. The predicted molar refractivity (Wildman–Crippen MR) is 90.1 cm³/mol. The Hall–Kier alpha value is -1.82. The molecule has 0 bridgehead atoms. The minimum atomic E-state index is 0.711. The molecular formula is C16H13IN2O. The van der Waals surface area contributed by atoms with Gasteiger partial charge in [-0.15, -0.1) is 0 Å². The molecule has 2 aromatic carbocycles. The van der Waals surface area contributed by atoms with Gasteiger partial charge in [0.05, 0.1) is 0 Å². The highest BCUT2D eigenvalue weighted by molar-refractivity contribution is 14.1. The van der Waals surface area contributed by atoms with Crippen LogP contribution in [0.4, 0.5) is 5.69 Å². The van der Waals surface area contributed by atoms with Gasteiger partial charge >= 0.3 is 0 Å². The molecule has 1 aromatic heterocycles. The first kappa shape index (κ1) is 13.2. The first-order valence-corrected chi connectivity index (χ1v) is 7.29. The standard InChI is InChI=1S/C16H13IN2O/c1-10-8-13-14(9-19-10)15(18)6-7-16(13)20-12-4-2-11(17)3-5-12/h2-9H,18H2,1H3. The van der Waals surface area contributed by atoms with E-state index < -0.39 is 0 Å². The van der Waals surface area contributed by atoms with Gasteiger partial charge < -0.3 is 10.5 Å². The Balaban J connectivity index is 2.09. The number of fused-ring (bicyclic) bond motifs is 1. The number of nitrogens with two attached hydrogens (primary N) is 1. The number of benzene rings is 2. The van der Waals surface area contributed by atoms with Crippen LogP contribution in [0.25, 0.3) is 10.8 Å². The molecule has 0 atom stereocenters. The Kier molecular flexibility index (Phi) is 3.48. The zero-order valence-electron chi connectivity index (χ0n) is 10.9. The van der Waals surface area contributed by atoms with Gasteiger partial charge in [0.25, 0.3) is 0 Å². The SMILES string of the molecule is Cc1cc2c(Oc3ccc(I)cc3)ccc(N)c2cn1. The van der Waals surface area contributed by atoms with E-state index in [1.54, 1.807) is 6.20 Å². The van der Waals surface area contributed by atoms with Gasteiger partial charge in [-0.2, -0.15) is 0 Å². The molecule has 20 heavy (non-hydrogen) atoms. The van der Waals surface area contributed by atoms with Gasteiger partial charge in [-0.25, -0.2) is 0 Å². The number of anilines is 1. The van der Waals surface area contributed by atoms with E-state index in [0.29, 0.717) is 5.69 Å². The highest BCUT2D eigenvalue weighted by Gasteiger charge is 2.07. The molecular weight excluding hydrogens is 363 g/mol. The lowest BCUT2D eigenvalue weighted by atomic mass is 10.1. The third-order valence-electron chi connectivity index (χ3n) is 3.07.